The molecule has 4 heteroatoms. The Morgan fingerprint density at radius 3 is 2.39 bits per heavy atom. The molecule has 0 aliphatic carbocycles. The second-order valence-corrected chi connectivity index (χ2v) is 9.35. The fraction of sp³-hybridized carbons (Fsp3) is 0.458. The molecule has 150 valence electrons. The summed E-state index contributed by atoms with van der Waals surface area (Å²) in [6.45, 7) is 8.18. The van der Waals surface area contributed by atoms with Gasteiger partial charge < -0.3 is 14.9 Å². The molecule has 0 saturated carbocycles. The normalized spacial score (nSPS) is 20.0. The summed E-state index contributed by atoms with van der Waals surface area (Å²) in [4.78, 5) is 16.6. The van der Waals surface area contributed by atoms with Gasteiger partial charge >= 0.3 is 0 Å². The van der Waals surface area contributed by atoms with Gasteiger partial charge in [0.05, 0.1) is 12.1 Å². The molecule has 28 heavy (non-hydrogen) atoms. The van der Waals surface area contributed by atoms with Gasteiger partial charge in [0.1, 0.15) is 0 Å². The Morgan fingerprint density at radius 2 is 1.79 bits per heavy atom. The Hall–Kier alpha value is -2.17. The molecule has 1 N–H and O–H groups in total. The van der Waals surface area contributed by atoms with E-state index in [-0.39, 0.29) is 11.3 Å². The molecule has 1 atom stereocenters. The Balaban J connectivity index is 1.74. The van der Waals surface area contributed by atoms with Gasteiger partial charge in [-0.15, -0.1) is 0 Å². The predicted molar refractivity (Wildman–Crippen MR) is 115 cm³/mol. The molecule has 1 aliphatic rings. The first kappa shape index (κ1) is 20.6. The monoisotopic (exact) mass is 380 g/mol. The van der Waals surface area contributed by atoms with E-state index >= 15 is 0 Å². The first-order valence-corrected chi connectivity index (χ1v) is 9.95. The van der Waals surface area contributed by atoms with Gasteiger partial charge in [-0.05, 0) is 54.8 Å². The van der Waals surface area contributed by atoms with Gasteiger partial charge in [0, 0.05) is 18.7 Å². The largest absolute Gasteiger partial charge is 0.387 e. The summed E-state index contributed by atoms with van der Waals surface area (Å²) < 4.78 is 0. The van der Waals surface area contributed by atoms with E-state index in [1.165, 1.54) is 5.56 Å². The fourth-order valence-electron chi connectivity index (χ4n) is 3.90. The van der Waals surface area contributed by atoms with Crippen LogP contribution in [-0.2, 0) is 5.41 Å². The van der Waals surface area contributed by atoms with Crippen LogP contribution in [0.4, 0.5) is 0 Å². The van der Waals surface area contributed by atoms with Crippen LogP contribution in [0.5, 0.6) is 0 Å². The van der Waals surface area contributed by atoms with Crippen molar-refractivity contribution < 1.29 is 9.90 Å². The summed E-state index contributed by atoms with van der Waals surface area (Å²) in [5.74, 6) is -0.00956. The Bertz CT molecular complexity index is 836. The molecule has 4 nitrogen and oxygen atoms in total. The van der Waals surface area contributed by atoms with Crippen molar-refractivity contribution in [3.63, 3.8) is 0 Å². The zero-order valence-electron chi connectivity index (χ0n) is 17.7. The third-order valence-electron chi connectivity index (χ3n) is 5.42. The summed E-state index contributed by atoms with van der Waals surface area (Å²) in [5, 5.41) is 10.7. The number of hydrogen-bond acceptors (Lipinski definition) is 3. The predicted octanol–water partition coefficient (Wildman–Crippen LogP) is 3.79. The summed E-state index contributed by atoms with van der Waals surface area (Å²) >= 11 is 0. The van der Waals surface area contributed by atoms with Crippen molar-refractivity contribution in [2.45, 2.75) is 38.2 Å². The van der Waals surface area contributed by atoms with Crippen LogP contribution in [-0.4, -0.2) is 60.1 Å². The third kappa shape index (κ3) is 4.62. The van der Waals surface area contributed by atoms with Gasteiger partial charge in [-0.3, -0.25) is 4.79 Å². The van der Waals surface area contributed by atoms with Crippen LogP contribution < -0.4 is 0 Å². The van der Waals surface area contributed by atoms with E-state index in [0.29, 0.717) is 31.6 Å². The van der Waals surface area contributed by atoms with E-state index < -0.39 is 5.60 Å². The Labute approximate surface area is 168 Å². The highest BCUT2D eigenvalue weighted by atomic mass is 16.3. The average molecular weight is 381 g/mol. The van der Waals surface area contributed by atoms with Crippen LogP contribution in [0.2, 0.25) is 0 Å². The first-order chi connectivity index (χ1) is 13.1. The van der Waals surface area contributed by atoms with Crippen molar-refractivity contribution in [3.8, 4) is 11.1 Å². The molecule has 2 aromatic rings. The smallest absolute Gasteiger partial charge is 0.253 e. The number of β-amino-alcohol motifs (C(OH)–C–C–N with tert-alkyl or cyclic N) is 1. The number of benzene rings is 2. The fourth-order valence-corrected chi connectivity index (χ4v) is 3.90. The molecule has 0 spiro atoms. The second-order valence-electron chi connectivity index (χ2n) is 9.35. The number of carbonyl (C=O) groups is 1. The van der Waals surface area contributed by atoms with Gasteiger partial charge in [-0.1, -0.05) is 57.2 Å². The molecule has 1 saturated heterocycles. The van der Waals surface area contributed by atoms with Gasteiger partial charge in [-0.2, -0.15) is 0 Å². The maximum absolute atomic E-state index is 12.9. The summed E-state index contributed by atoms with van der Waals surface area (Å²) in [6.07, 6.45) is 0.620. The highest BCUT2D eigenvalue weighted by Crippen LogP contribution is 2.28. The lowest BCUT2D eigenvalue weighted by Crippen LogP contribution is -2.43. The van der Waals surface area contributed by atoms with Gasteiger partial charge in [0.2, 0.25) is 0 Å². The number of rotatable bonds is 4. The molecule has 2 aromatic carbocycles. The van der Waals surface area contributed by atoms with Gasteiger partial charge in [0.15, 0.2) is 0 Å². The molecular weight excluding hydrogens is 348 g/mol. The molecule has 0 aromatic heterocycles. The van der Waals surface area contributed by atoms with E-state index in [2.05, 4.69) is 45.0 Å². The van der Waals surface area contributed by atoms with Crippen LogP contribution in [0.15, 0.2) is 48.5 Å². The molecule has 0 radical (unpaired) electrons. The van der Waals surface area contributed by atoms with E-state index in [4.69, 9.17) is 0 Å². The minimum atomic E-state index is -0.813. The second kappa shape index (κ2) is 7.69. The van der Waals surface area contributed by atoms with Crippen molar-refractivity contribution in [3.05, 3.63) is 59.7 Å². The lowest BCUT2D eigenvalue weighted by Gasteiger charge is -2.26. The van der Waals surface area contributed by atoms with Crippen LogP contribution in [0, 0.1) is 0 Å². The van der Waals surface area contributed by atoms with Gasteiger partial charge in [-0.25, -0.2) is 0 Å². The van der Waals surface area contributed by atoms with Crippen LogP contribution in [0.25, 0.3) is 11.1 Å². The van der Waals surface area contributed by atoms with Crippen molar-refractivity contribution in [1.29, 1.82) is 0 Å². The maximum Gasteiger partial charge on any atom is 0.253 e. The summed E-state index contributed by atoms with van der Waals surface area (Å²) in [7, 11) is 3.88. The lowest BCUT2D eigenvalue weighted by atomic mass is 9.85. The lowest BCUT2D eigenvalue weighted by molar-refractivity contribution is 0.0236. The average Bonchev–Trinajstić information content (AvgIpc) is 3.01. The van der Waals surface area contributed by atoms with Gasteiger partial charge in [0.25, 0.3) is 5.91 Å². The van der Waals surface area contributed by atoms with E-state index in [1.54, 1.807) is 4.90 Å². The zero-order chi connectivity index (χ0) is 20.5. The number of carbonyl (C=O) groups excluding carboxylic acids is 1. The standard InChI is InChI=1S/C24H32N2O2/c1-23(2,3)21-8-6-7-20(15-21)18-9-11-19(12-10-18)22(27)26-14-13-24(28,17-26)16-25(4)5/h6-12,15,28H,13-14,16-17H2,1-5H3. The quantitative estimate of drug-likeness (QED) is 0.878. The van der Waals surface area contributed by atoms with Crippen LogP contribution in [0.3, 0.4) is 0 Å². The van der Waals surface area contributed by atoms with Crippen LogP contribution in [0.1, 0.15) is 43.1 Å². The molecular formula is C24H32N2O2. The summed E-state index contributed by atoms with van der Waals surface area (Å²) in [6, 6.07) is 16.4. The van der Waals surface area contributed by atoms with E-state index in [0.717, 1.165) is 11.1 Å². The first-order valence-electron chi connectivity index (χ1n) is 9.95. The molecule has 1 amide bonds. The molecule has 1 fully saturated rings. The number of likely N-dealkylation sites (N-methyl/N-ethyl adjacent to an activating group) is 1. The van der Waals surface area contributed by atoms with Crippen molar-refractivity contribution in [2.75, 3.05) is 33.7 Å². The molecule has 0 bridgehead atoms. The number of nitrogens with zero attached hydrogens (tertiary/aromatic N) is 2. The SMILES string of the molecule is CN(C)CC1(O)CCN(C(=O)c2ccc(-c3cccc(C(C)(C)C)c3)cc2)C1. The Morgan fingerprint density at radius 1 is 1.11 bits per heavy atom. The molecule has 1 unspecified atom stereocenters. The molecule has 1 heterocycles. The van der Waals surface area contributed by atoms with Crippen molar-refractivity contribution in [2.24, 2.45) is 0 Å². The number of likely N-dealkylation sites (tertiary alicyclic amines) is 1. The topological polar surface area (TPSA) is 43.8 Å². The minimum Gasteiger partial charge on any atom is -0.387 e. The molecule has 3 rings (SSSR count). The van der Waals surface area contributed by atoms with E-state index in [1.807, 2.05) is 43.3 Å². The summed E-state index contributed by atoms with van der Waals surface area (Å²) in [5.41, 5.74) is 3.52. The highest BCUT2D eigenvalue weighted by Gasteiger charge is 2.38. The Kier molecular flexibility index (Phi) is 5.64. The zero-order valence-corrected chi connectivity index (χ0v) is 17.7. The van der Waals surface area contributed by atoms with Crippen LogP contribution >= 0.6 is 0 Å². The van der Waals surface area contributed by atoms with E-state index in [9.17, 15) is 9.90 Å². The highest BCUT2D eigenvalue weighted by molar-refractivity contribution is 5.95. The third-order valence-corrected chi connectivity index (χ3v) is 5.42. The molecule has 1 aliphatic heterocycles. The maximum atomic E-state index is 12.9. The number of aliphatic hydroxyl groups is 1. The van der Waals surface area contributed by atoms with Crippen molar-refractivity contribution in [1.82, 2.24) is 9.80 Å². The minimum absolute atomic E-state index is 0.00956. The van der Waals surface area contributed by atoms with Crippen molar-refractivity contribution >= 4 is 5.91 Å². The number of hydrogen-bond donors (Lipinski definition) is 1. The number of amides is 1.